The van der Waals surface area contributed by atoms with Crippen molar-refractivity contribution in [1.82, 2.24) is 9.80 Å². The van der Waals surface area contributed by atoms with Crippen LogP contribution in [0.2, 0.25) is 0 Å². The molecule has 2 unspecified atom stereocenters. The fourth-order valence-electron chi connectivity index (χ4n) is 2.50. The minimum atomic E-state index is -0.776. The summed E-state index contributed by atoms with van der Waals surface area (Å²) in [5.41, 5.74) is 0. The molecular weight excluding hydrogens is 264 g/mol. The highest BCUT2D eigenvalue weighted by Crippen LogP contribution is 2.21. The van der Waals surface area contributed by atoms with Crippen LogP contribution in [0.3, 0.4) is 0 Å². The van der Waals surface area contributed by atoms with Crippen molar-refractivity contribution in [3.05, 3.63) is 0 Å². The lowest BCUT2D eigenvalue weighted by Gasteiger charge is -2.31. The van der Waals surface area contributed by atoms with Crippen LogP contribution in [0.25, 0.3) is 0 Å². The Kier molecular flexibility index (Phi) is 6.48. The van der Waals surface area contributed by atoms with Crippen LogP contribution in [-0.4, -0.2) is 65.1 Å². The molecule has 6 heteroatoms. The van der Waals surface area contributed by atoms with Crippen molar-refractivity contribution < 1.29 is 14.7 Å². The summed E-state index contributed by atoms with van der Waals surface area (Å²) in [7, 11) is 1.84. The number of carbonyl (C=O) groups excluding carboxylic acids is 1. The average Bonchev–Trinajstić information content (AvgIpc) is 2.81. The highest BCUT2D eigenvalue weighted by molar-refractivity contribution is 7.98. The van der Waals surface area contributed by atoms with Crippen LogP contribution in [-0.2, 0) is 4.79 Å². The molecule has 0 radical (unpaired) electrons. The molecule has 0 spiro atoms. The van der Waals surface area contributed by atoms with Crippen molar-refractivity contribution >= 4 is 23.8 Å². The van der Waals surface area contributed by atoms with Gasteiger partial charge in [-0.2, -0.15) is 11.8 Å². The second-order valence-corrected chi connectivity index (χ2v) is 6.02. The molecule has 0 aromatic rings. The molecule has 1 aliphatic rings. The van der Waals surface area contributed by atoms with Gasteiger partial charge in [0.05, 0.1) is 0 Å². The zero-order valence-electron chi connectivity index (χ0n) is 12.0. The normalized spacial score (nSPS) is 20.4. The van der Waals surface area contributed by atoms with Crippen molar-refractivity contribution in [2.75, 3.05) is 32.1 Å². The quantitative estimate of drug-likeness (QED) is 0.812. The van der Waals surface area contributed by atoms with Gasteiger partial charge in [0.2, 0.25) is 0 Å². The van der Waals surface area contributed by atoms with Gasteiger partial charge in [0, 0.05) is 38.4 Å². The molecule has 1 aliphatic heterocycles. The summed E-state index contributed by atoms with van der Waals surface area (Å²) in [6, 6.07) is 0.287. The maximum atomic E-state index is 12.3. The van der Waals surface area contributed by atoms with Gasteiger partial charge in [0.1, 0.15) is 0 Å². The number of nitrogens with zero attached hydrogens (tertiary/aromatic N) is 2. The van der Waals surface area contributed by atoms with Gasteiger partial charge in [0.25, 0.3) is 0 Å². The molecule has 1 saturated heterocycles. The van der Waals surface area contributed by atoms with Gasteiger partial charge in [-0.25, -0.2) is 4.79 Å². The first-order valence-corrected chi connectivity index (χ1v) is 8.11. The molecule has 0 aromatic carbocycles. The van der Waals surface area contributed by atoms with Crippen molar-refractivity contribution in [2.24, 2.45) is 5.92 Å². The molecule has 1 N–H and O–H groups in total. The number of carbonyl (C=O) groups is 2. The van der Waals surface area contributed by atoms with Gasteiger partial charge in [0.15, 0.2) is 0 Å². The Morgan fingerprint density at radius 1 is 1.53 bits per heavy atom. The largest absolute Gasteiger partial charge is 0.481 e. The Balaban J connectivity index is 2.51. The third-order valence-corrected chi connectivity index (χ3v) is 4.42. The van der Waals surface area contributed by atoms with Crippen molar-refractivity contribution in [2.45, 2.75) is 32.2 Å². The Morgan fingerprint density at radius 2 is 2.21 bits per heavy atom. The number of aliphatic carboxylic acids is 1. The van der Waals surface area contributed by atoms with Gasteiger partial charge in [-0.05, 0) is 25.0 Å². The predicted octanol–water partition coefficient (Wildman–Crippen LogP) is 1.98. The summed E-state index contributed by atoms with van der Waals surface area (Å²) in [5, 5.41) is 8.79. The third-order valence-electron chi connectivity index (χ3n) is 3.70. The van der Waals surface area contributed by atoms with Crippen LogP contribution in [0.15, 0.2) is 0 Å². The minimum absolute atomic E-state index is 0.0359. The highest BCUT2D eigenvalue weighted by atomic mass is 32.2. The molecule has 0 saturated carbocycles. The van der Waals surface area contributed by atoms with Crippen LogP contribution in [0.5, 0.6) is 0 Å². The molecule has 2 atom stereocenters. The lowest BCUT2D eigenvalue weighted by Crippen LogP contribution is -2.46. The first kappa shape index (κ1) is 16.1. The van der Waals surface area contributed by atoms with Crippen LogP contribution < -0.4 is 0 Å². The monoisotopic (exact) mass is 288 g/mol. The molecule has 0 aromatic heterocycles. The molecule has 0 aliphatic carbocycles. The zero-order chi connectivity index (χ0) is 14.4. The molecule has 1 fully saturated rings. The van der Waals surface area contributed by atoms with Crippen LogP contribution in [0.4, 0.5) is 4.79 Å². The standard InChI is InChI=1S/C13H24N2O3S/c1-4-11(9-19-3)14(2)13(18)15-6-5-10(8-15)7-12(16)17/h10-11H,4-9H2,1-3H3,(H,16,17). The first-order chi connectivity index (χ1) is 8.99. The topological polar surface area (TPSA) is 60.9 Å². The van der Waals surface area contributed by atoms with E-state index in [2.05, 4.69) is 6.92 Å². The molecule has 0 bridgehead atoms. The number of urea groups is 1. The van der Waals surface area contributed by atoms with E-state index >= 15 is 0 Å². The number of rotatable bonds is 6. The Hall–Kier alpha value is -0.910. The summed E-state index contributed by atoms with van der Waals surface area (Å²) in [6.45, 7) is 3.34. The van der Waals surface area contributed by atoms with Crippen LogP contribution in [0.1, 0.15) is 26.2 Å². The number of thioether (sulfide) groups is 1. The van der Waals surface area contributed by atoms with E-state index in [9.17, 15) is 9.59 Å². The molecule has 5 nitrogen and oxygen atoms in total. The number of hydrogen-bond donors (Lipinski definition) is 1. The fourth-order valence-corrected chi connectivity index (χ4v) is 3.34. The van der Waals surface area contributed by atoms with Crippen LogP contribution in [0, 0.1) is 5.92 Å². The van der Waals surface area contributed by atoms with Crippen LogP contribution >= 0.6 is 11.8 Å². The summed E-state index contributed by atoms with van der Waals surface area (Å²) in [4.78, 5) is 26.6. The second-order valence-electron chi connectivity index (χ2n) is 5.11. The number of carboxylic acid groups (broad SMARTS) is 1. The number of hydrogen-bond acceptors (Lipinski definition) is 3. The van der Waals surface area contributed by atoms with E-state index in [0.717, 1.165) is 18.6 Å². The second kappa shape index (κ2) is 7.62. The van der Waals surface area contributed by atoms with Gasteiger partial charge in [-0.1, -0.05) is 6.92 Å². The van der Waals surface area contributed by atoms with E-state index < -0.39 is 5.97 Å². The molecule has 110 valence electrons. The van der Waals surface area contributed by atoms with Crippen molar-refractivity contribution in [3.8, 4) is 0 Å². The fraction of sp³-hybridized carbons (Fsp3) is 0.846. The number of carboxylic acids is 1. The SMILES string of the molecule is CCC(CSC)N(C)C(=O)N1CCC(CC(=O)O)C1. The van der Waals surface area contributed by atoms with E-state index in [1.54, 1.807) is 21.6 Å². The predicted molar refractivity (Wildman–Crippen MR) is 77.6 cm³/mol. The maximum Gasteiger partial charge on any atom is 0.320 e. The van der Waals surface area contributed by atoms with Gasteiger partial charge >= 0.3 is 12.0 Å². The molecule has 19 heavy (non-hydrogen) atoms. The summed E-state index contributed by atoms with van der Waals surface area (Å²) < 4.78 is 0. The van der Waals surface area contributed by atoms with E-state index in [-0.39, 0.29) is 24.4 Å². The Bertz CT molecular complexity index is 325. The van der Waals surface area contributed by atoms with Gasteiger partial charge in [-0.15, -0.1) is 0 Å². The lowest BCUT2D eigenvalue weighted by atomic mass is 10.1. The molecule has 2 amide bonds. The number of amides is 2. The molecule has 1 rings (SSSR count). The molecular formula is C13H24N2O3S. The summed E-state index contributed by atoms with van der Waals surface area (Å²) in [5.74, 6) is 0.266. The average molecular weight is 288 g/mol. The van der Waals surface area contributed by atoms with E-state index in [0.29, 0.717) is 13.1 Å². The summed E-state index contributed by atoms with van der Waals surface area (Å²) >= 11 is 1.74. The van der Waals surface area contributed by atoms with E-state index in [4.69, 9.17) is 5.11 Å². The van der Waals surface area contributed by atoms with Gasteiger partial charge in [-0.3, -0.25) is 4.79 Å². The number of likely N-dealkylation sites (tertiary alicyclic amines) is 1. The molecule has 1 heterocycles. The lowest BCUT2D eigenvalue weighted by molar-refractivity contribution is -0.138. The summed E-state index contributed by atoms with van der Waals surface area (Å²) in [6.07, 6.45) is 3.94. The first-order valence-electron chi connectivity index (χ1n) is 6.72. The third kappa shape index (κ3) is 4.60. The highest BCUT2D eigenvalue weighted by Gasteiger charge is 2.31. The van der Waals surface area contributed by atoms with Crippen molar-refractivity contribution in [1.29, 1.82) is 0 Å². The minimum Gasteiger partial charge on any atom is -0.481 e. The zero-order valence-corrected chi connectivity index (χ0v) is 12.8. The Labute approximate surface area is 119 Å². The smallest absolute Gasteiger partial charge is 0.320 e. The Morgan fingerprint density at radius 3 is 2.74 bits per heavy atom. The van der Waals surface area contributed by atoms with Crippen molar-refractivity contribution in [3.63, 3.8) is 0 Å². The van der Waals surface area contributed by atoms with E-state index in [1.807, 2.05) is 13.3 Å². The maximum absolute atomic E-state index is 12.3. The van der Waals surface area contributed by atoms with Gasteiger partial charge < -0.3 is 14.9 Å². The van der Waals surface area contributed by atoms with E-state index in [1.165, 1.54) is 0 Å².